The highest BCUT2D eigenvalue weighted by atomic mass is 32.2. The SMILES string of the molecule is COc1ccc(/C=C/C(=O)OCCSC)cc1. The van der Waals surface area contributed by atoms with Crippen LogP contribution in [0.2, 0.25) is 0 Å². The zero-order valence-corrected chi connectivity index (χ0v) is 10.8. The van der Waals surface area contributed by atoms with Crippen LogP contribution in [-0.4, -0.2) is 31.7 Å². The van der Waals surface area contributed by atoms with Gasteiger partial charge in [0.15, 0.2) is 0 Å². The first-order chi connectivity index (χ1) is 8.26. The number of hydrogen-bond acceptors (Lipinski definition) is 4. The average molecular weight is 252 g/mol. The molecular formula is C13H16O3S. The molecule has 0 radical (unpaired) electrons. The maximum atomic E-state index is 11.3. The van der Waals surface area contributed by atoms with Crippen LogP contribution in [0.25, 0.3) is 6.08 Å². The van der Waals surface area contributed by atoms with Crippen LogP contribution in [0.15, 0.2) is 30.3 Å². The predicted molar refractivity (Wildman–Crippen MR) is 71.4 cm³/mol. The van der Waals surface area contributed by atoms with E-state index in [0.29, 0.717) is 6.61 Å². The number of carbonyl (C=O) groups excluding carboxylic acids is 1. The van der Waals surface area contributed by atoms with Gasteiger partial charge >= 0.3 is 5.97 Å². The summed E-state index contributed by atoms with van der Waals surface area (Å²) in [5.74, 6) is 1.31. The van der Waals surface area contributed by atoms with Gasteiger partial charge in [-0.3, -0.25) is 0 Å². The zero-order chi connectivity index (χ0) is 12.5. The van der Waals surface area contributed by atoms with E-state index in [-0.39, 0.29) is 5.97 Å². The summed E-state index contributed by atoms with van der Waals surface area (Å²) >= 11 is 1.65. The van der Waals surface area contributed by atoms with Crippen LogP contribution in [0.1, 0.15) is 5.56 Å². The van der Waals surface area contributed by atoms with Gasteiger partial charge in [0.25, 0.3) is 0 Å². The average Bonchev–Trinajstić information content (AvgIpc) is 2.37. The second-order valence-corrected chi connectivity index (χ2v) is 4.25. The smallest absolute Gasteiger partial charge is 0.330 e. The maximum absolute atomic E-state index is 11.3. The Bertz CT molecular complexity index is 371. The molecule has 0 spiro atoms. The third-order valence-corrected chi connectivity index (χ3v) is 2.63. The standard InChI is InChI=1S/C13H16O3S/c1-15-12-6-3-11(4-7-12)5-8-13(14)16-9-10-17-2/h3-8H,9-10H2,1-2H3/b8-5+. The Morgan fingerprint density at radius 3 is 2.65 bits per heavy atom. The number of carbonyl (C=O) groups is 1. The van der Waals surface area contributed by atoms with Gasteiger partial charge in [0, 0.05) is 11.8 Å². The fourth-order valence-corrected chi connectivity index (χ4v) is 1.40. The van der Waals surface area contributed by atoms with Gasteiger partial charge in [0.1, 0.15) is 12.4 Å². The van der Waals surface area contributed by atoms with Gasteiger partial charge < -0.3 is 9.47 Å². The lowest BCUT2D eigenvalue weighted by atomic mass is 10.2. The van der Waals surface area contributed by atoms with Crippen LogP contribution >= 0.6 is 11.8 Å². The fourth-order valence-electron chi connectivity index (χ4n) is 1.15. The van der Waals surface area contributed by atoms with E-state index in [0.717, 1.165) is 17.1 Å². The molecule has 0 saturated heterocycles. The molecule has 0 amide bonds. The Morgan fingerprint density at radius 1 is 1.35 bits per heavy atom. The molecule has 0 saturated carbocycles. The number of methoxy groups -OCH3 is 1. The molecule has 0 aromatic heterocycles. The minimum Gasteiger partial charge on any atom is -0.497 e. The Labute approximate surface area is 106 Å². The van der Waals surface area contributed by atoms with Gasteiger partial charge in [0.2, 0.25) is 0 Å². The van der Waals surface area contributed by atoms with Crippen molar-refractivity contribution >= 4 is 23.8 Å². The molecule has 0 unspecified atom stereocenters. The summed E-state index contributed by atoms with van der Waals surface area (Å²) < 4.78 is 10.0. The molecule has 92 valence electrons. The van der Waals surface area contributed by atoms with Crippen LogP contribution in [0.4, 0.5) is 0 Å². The fraction of sp³-hybridized carbons (Fsp3) is 0.308. The number of ether oxygens (including phenoxy) is 2. The molecule has 0 fully saturated rings. The molecule has 0 aliphatic heterocycles. The number of thioether (sulfide) groups is 1. The third-order valence-electron chi connectivity index (χ3n) is 2.06. The van der Waals surface area contributed by atoms with Gasteiger partial charge in [-0.2, -0.15) is 11.8 Å². The van der Waals surface area contributed by atoms with E-state index < -0.39 is 0 Å². The lowest BCUT2D eigenvalue weighted by molar-refractivity contribution is -0.137. The molecule has 17 heavy (non-hydrogen) atoms. The molecule has 0 aliphatic carbocycles. The Balaban J connectivity index is 2.43. The van der Waals surface area contributed by atoms with Gasteiger partial charge in [-0.1, -0.05) is 12.1 Å². The highest BCUT2D eigenvalue weighted by Crippen LogP contribution is 2.12. The van der Waals surface area contributed by atoms with E-state index in [1.165, 1.54) is 6.08 Å². The molecule has 0 aliphatic rings. The van der Waals surface area contributed by atoms with Crippen LogP contribution < -0.4 is 4.74 Å². The van der Waals surface area contributed by atoms with E-state index in [2.05, 4.69) is 0 Å². The minimum absolute atomic E-state index is 0.310. The summed E-state index contributed by atoms with van der Waals surface area (Å²) in [5, 5.41) is 0. The van der Waals surface area contributed by atoms with E-state index in [4.69, 9.17) is 9.47 Å². The predicted octanol–water partition coefficient (Wildman–Crippen LogP) is 2.61. The second kappa shape index (κ2) is 7.79. The molecule has 3 nitrogen and oxygen atoms in total. The summed E-state index contributed by atoms with van der Waals surface area (Å²) in [7, 11) is 1.62. The van der Waals surface area contributed by atoms with Gasteiger partial charge in [-0.15, -0.1) is 0 Å². The minimum atomic E-state index is -0.310. The van der Waals surface area contributed by atoms with Gasteiger partial charge in [0.05, 0.1) is 7.11 Å². The molecule has 1 rings (SSSR count). The van der Waals surface area contributed by atoms with Crippen molar-refractivity contribution in [1.29, 1.82) is 0 Å². The number of esters is 1. The molecule has 1 aromatic carbocycles. The Kier molecular flexibility index (Phi) is 6.25. The largest absolute Gasteiger partial charge is 0.497 e. The first-order valence-corrected chi connectivity index (χ1v) is 6.63. The molecule has 0 atom stereocenters. The van der Waals surface area contributed by atoms with E-state index in [1.807, 2.05) is 30.5 Å². The van der Waals surface area contributed by atoms with E-state index in [9.17, 15) is 4.79 Å². The van der Waals surface area contributed by atoms with Gasteiger partial charge in [-0.25, -0.2) is 4.79 Å². The van der Waals surface area contributed by atoms with Gasteiger partial charge in [-0.05, 0) is 30.0 Å². The second-order valence-electron chi connectivity index (χ2n) is 3.27. The van der Waals surface area contributed by atoms with Crippen molar-refractivity contribution in [3.05, 3.63) is 35.9 Å². The number of benzene rings is 1. The number of rotatable bonds is 6. The first-order valence-electron chi connectivity index (χ1n) is 5.24. The molecular weight excluding hydrogens is 236 g/mol. The van der Waals surface area contributed by atoms with Crippen molar-refractivity contribution in [1.82, 2.24) is 0 Å². The normalized spacial score (nSPS) is 10.5. The Hall–Kier alpha value is -1.42. The summed E-state index contributed by atoms with van der Waals surface area (Å²) in [6.45, 7) is 0.451. The van der Waals surface area contributed by atoms with Crippen molar-refractivity contribution in [3.8, 4) is 5.75 Å². The van der Waals surface area contributed by atoms with Crippen LogP contribution in [-0.2, 0) is 9.53 Å². The lowest BCUT2D eigenvalue weighted by Gasteiger charge is -2.00. The van der Waals surface area contributed by atoms with Crippen molar-refractivity contribution in [2.45, 2.75) is 0 Å². The van der Waals surface area contributed by atoms with Crippen LogP contribution in [0.3, 0.4) is 0 Å². The summed E-state index contributed by atoms with van der Waals surface area (Å²) in [6.07, 6.45) is 5.13. The molecule has 0 heterocycles. The van der Waals surface area contributed by atoms with Crippen molar-refractivity contribution in [2.24, 2.45) is 0 Å². The Morgan fingerprint density at radius 2 is 2.06 bits per heavy atom. The van der Waals surface area contributed by atoms with E-state index in [1.54, 1.807) is 24.9 Å². The third kappa shape index (κ3) is 5.45. The van der Waals surface area contributed by atoms with Crippen molar-refractivity contribution in [3.63, 3.8) is 0 Å². The molecule has 4 heteroatoms. The topological polar surface area (TPSA) is 35.5 Å². The highest BCUT2D eigenvalue weighted by Gasteiger charge is 1.96. The highest BCUT2D eigenvalue weighted by molar-refractivity contribution is 7.98. The monoisotopic (exact) mass is 252 g/mol. The molecule has 0 N–H and O–H groups in total. The van der Waals surface area contributed by atoms with Crippen LogP contribution in [0, 0.1) is 0 Å². The quantitative estimate of drug-likeness (QED) is 0.443. The summed E-state index contributed by atoms with van der Waals surface area (Å²) in [6, 6.07) is 7.45. The molecule has 1 aromatic rings. The summed E-state index contributed by atoms with van der Waals surface area (Å²) in [5.41, 5.74) is 0.938. The van der Waals surface area contributed by atoms with E-state index >= 15 is 0 Å². The first kappa shape index (κ1) is 13.6. The summed E-state index contributed by atoms with van der Waals surface area (Å²) in [4.78, 5) is 11.3. The maximum Gasteiger partial charge on any atom is 0.330 e. The van der Waals surface area contributed by atoms with Crippen molar-refractivity contribution < 1.29 is 14.3 Å². The lowest BCUT2D eigenvalue weighted by Crippen LogP contribution is -2.03. The zero-order valence-electron chi connectivity index (χ0n) is 10.0. The van der Waals surface area contributed by atoms with Crippen molar-refractivity contribution in [2.75, 3.05) is 25.7 Å². The van der Waals surface area contributed by atoms with Crippen LogP contribution in [0.5, 0.6) is 5.75 Å². The molecule has 0 bridgehead atoms. The number of hydrogen-bond donors (Lipinski definition) is 0.